The minimum Gasteiger partial charge on any atom is -0.462 e. The van der Waals surface area contributed by atoms with Gasteiger partial charge in [0.25, 0.3) is 0 Å². The van der Waals surface area contributed by atoms with Crippen LogP contribution in [0.15, 0.2) is 0 Å². The number of rotatable bonds is 9. The zero-order chi connectivity index (χ0) is 15.1. The van der Waals surface area contributed by atoms with Crippen molar-refractivity contribution in [3.05, 3.63) is 0 Å². The second-order valence-corrected chi connectivity index (χ2v) is 6.50. The summed E-state index contributed by atoms with van der Waals surface area (Å²) in [5.74, 6) is -0.542. The summed E-state index contributed by atoms with van der Waals surface area (Å²) in [4.78, 5) is 11.0. The first-order chi connectivity index (χ1) is 8.70. The second-order valence-electron chi connectivity index (χ2n) is 4.41. The van der Waals surface area contributed by atoms with E-state index >= 15 is 0 Å². The average Bonchev–Trinajstić information content (AvgIpc) is 2.33. The van der Waals surface area contributed by atoms with Gasteiger partial charge in [-0.25, -0.2) is 12.7 Å². The monoisotopic (exact) mass is 296 g/mol. The fourth-order valence-electron chi connectivity index (χ4n) is 1.23. The van der Waals surface area contributed by atoms with Gasteiger partial charge in [0.05, 0.1) is 18.9 Å². The maximum Gasteiger partial charge on any atom is 0.319 e. The number of likely N-dealkylation sites (N-methyl/N-ethyl adjacent to an activating group) is 1. The highest BCUT2D eigenvalue weighted by Gasteiger charge is 2.21. The maximum atomic E-state index is 11.4. The lowest BCUT2D eigenvalue weighted by molar-refractivity contribution is -0.147. The SMILES string of the molecule is CC[C@H](C)O[C@H](COC(=O)CN)CN(C)S(C)(=O)=O. The van der Waals surface area contributed by atoms with Crippen molar-refractivity contribution < 1.29 is 22.7 Å². The summed E-state index contributed by atoms with van der Waals surface area (Å²) in [7, 11) is -1.84. The highest BCUT2D eigenvalue weighted by molar-refractivity contribution is 7.88. The van der Waals surface area contributed by atoms with E-state index < -0.39 is 22.1 Å². The van der Waals surface area contributed by atoms with Crippen LogP contribution in [0.1, 0.15) is 20.3 Å². The largest absolute Gasteiger partial charge is 0.462 e. The van der Waals surface area contributed by atoms with Crippen LogP contribution < -0.4 is 5.73 Å². The van der Waals surface area contributed by atoms with Gasteiger partial charge in [-0.05, 0) is 13.3 Å². The molecule has 2 N–H and O–H groups in total. The van der Waals surface area contributed by atoms with Crippen LogP contribution in [0.4, 0.5) is 0 Å². The molecule has 0 saturated heterocycles. The highest BCUT2D eigenvalue weighted by Crippen LogP contribution is 2.06. The van der Waals surface area contributed by atoms with Crippen LogP contribution in [-0.4, -0.2) is 63.9 Å². The molecule has 2 atom stereocenters. The standard InChI is InChI=1S/C11H24N2O5S/c1-5-9(2)18-10(8-17-11(14)6-12)7-13(3)19(4,15)16/h9-10H,5-8,12H2,1-4H3/t9-,10-/m0/s1. The molecule has 7 nitrogen and oxygen atoms in total. The lowest BCUT2D eigenvalue weighted by Crippen LogP contribution is -2.39. The Morgan fingerprint density at radius 1 is 1.42 bits per heavy atom. The van der Waals surface area contributed by atoms with Crippen LogP contribution in [-0.2, 0) is 24.3 Å². The molecule has 114 valence electrons. The zero-order valence-electron chi connectivity index (χ0n) is 12.0. The van der Waals surface area contributed by atoms with Crippen molar-refractivity contribution in [3.63, 3.8) is 0 Å². The van der Waals surface area contributed by atoms with Crippen LogP contribution >= 0.6 is 0 Å². The van der Waals surface area contributed by atoms with Gasteiger partial charge < -0.3 is 15.2 Å². The van der Waals surface area contributed by atoms with Crippen LogP contribution in [0, 0.1) is 0 Å². The van der Waals surface area contributed by atoms with Crippen molar-refractivity contribution in [3.8, 4) is 0 Å². The highest BCUT2D eigenvalue weighted by atomic mass is 32.2. The van der Waals surface area contributed by atoms with Gasteiger partial charge in [-0.15, -0.1) is 0 Å². The third kappa shape index (κ3) is 8.14. The normalized spacial score (nSPS) is 15.3. The van der Waals surface area contributed by atoms with Gasteiger partial charge in [0.2, 0.25) is 10.0 Å². The number of nitrogens with two attached hydrogens (primary N) is 1. The minimum absolute atomic E-state index is 0.0137. The van der Waals surface area contributed by atoms with E-state index in [1.807, 2.05) is 13.8 Å². The van der Waals surface area contributed by atoms with Crippen molar-refractivity contribution in [1.29, 1.82) is 0 Å². The van der Waals surface area contributed by atoms with E-state index in [2.05, 4.69) is 0 Å². The molecule has 0 unspecified atom stereocenters. The Kier molecular flexibility index (Phi) is 8.15. The summed E-state index contributed by atoms with van der Waals surface area (Å²) < 4.78 is 34.4. The van der Waals surface area contributed by atoms with Crippen molar-refractivity contribution in [2.24, 2.45) is 5.73 Å². The van der Waals surface area contributed by atoms with E-state index in [4.69, 9.17) is 15.2 Å². The molecular weight excluding hydrogens is 272 g/mol. The molecule has 0 amide bonds. The van der Waals surface area contributed by atoms with Crippen molar-refractivity contribution >= 4 is 16.0 Å². The van der Waals surface area contributed by atoms with Crippen LogP contribution in [0.3, 0.4) is 0 Å². The fraction of sp³-hybridized carbons (Fsp3) is 0.909. The predicted molar refractivity (Wildman–Crippen MR) is 72.1 cm³/mol. The molecule has 0 aromatic carbocycles. The summed E-state index contributed by atoms with van der Waals surface area (Å²) in [5.41, 5.74) is 5.13. The van der Waals surface area contributed by atoms with Crippen molar-refractivity contribution in [2.45, 2.75) is 32.5 Å². The van der Waals surface area contributed by atoms with E-state index in [-0.39, 0.29) is 25.8 Å². The molecule has 19 heavy (non-hydrogen) atoms. The topological polar surface area (TPSA) is 98.9 Å². The Morgan fingerprint density at radius 3 is 2.42 bits per heavy atom. The van der Waals surface area contributed by atoms with E-state index in [1.165, 1.54) is 7.05 Å². The molecule has 0 aromatic heterocycles. The number of carbonyl (C=O) groups is 1. The summed E-state index contributed by atoms with van der Waals surface area (Å²) in [6.07, 6.45) is 1.34. The number of nitrogens with zero attached hydrogens (tertiary/aromatic N) is 1. The first kappa shape index (κ1) is 18.3. The van der Waals surface area contributed by atoms with Gasteiger partial charge in [0.15, 0.2) is 0 Å². The molecule has 8 heteroatoms. The average molecular weight is 296 g/mol. The molecule has 0 aliphatic heterocycles. The molecule has 0 aliphatic carbocycles. The Bertz CT molecular complexity index is 371. The van der Waals surface area contributed by atoms with Crippen LogP contribution in [0.2, 0.25) is 0 Å². The second kappa shape index (κ2) is 8.47. The van der Waals surface area contributed by atoms with E-state index in [0.717, 1.165) is 17.0 Å². The number of hydrogen-bond acceptors (Lipinski definition) is 6. The molecule has 0 spiro atoms. The van der Waals surface area contributed by atoms with Gasteiger partial charge in [-0.3, -0.25) is 4.79 Å². The summed E-state index contributed by atoms with van der Waals surface area (Å²) in [6.45, 7) is 3.73. The summed E-state index contributed by atoms with van der Waals surface area (Å²) in [6, 6.07) is 0. The van der Waals surface area contributed by atoms with Crippen molar-refractivity contribution in [2.75, 3.05) is 33.0 Å². The molecule has 0 bridgehead atoms. The van der Waals surface area contributed by atoms with E-state index in [9.17, 15) is 13.2 Å². The van der Waals surface area contributed by atoms with Gasteiger partial charge in [-0.2, -0.15) is 0 Å². The van der Waals surface area contributed by atoms with Crippen LogP contribution in [0.5, 0.6) is 0 Å². The molecule has 0 saturated carbocycles. The fourth-order valence-corrected chi connectivity index (χ4v) is 1.66. The Labute approximate surface area is 115 Å². The molecular formula is C11H24N2O5S. The van der Waals surface area contributed by atoms with Crippen molar-refractivity contribution in [1.82, 2.24) is 4.31 Å². The lowest BCUT2D eigenvalue weighted by Gasteiger charge is -2.25. The van der Waals surface area contributed by atoms with E-state index in [0.29, 0.717) is 0 Å². The first-order valence-corrected chi connectivity index (χ1v) is 7.98. The smallest absolute Gasteiger partial charge is 0.319 e. The third-order valence-corrected chi connectivity index (χ3v) is 3.90. The third-order valence-electron chi connectivity index (χ3n) is 2.62. The number of sulfonamides is 1. The Morgan fingerprint density at radius 2 is 2.00 bits per heavy atom. The van der Waals surface area contributed by atoms with Crippen LogP contribution in [0.25, 0.3) is 0 Å². The molecule has 0 rings (SSSR count). The van der Waals surface area contributed by atoms with Gasteiger partial charge in [0.1, 0.15) is 12.7 Å². The Hall–Kier alpha value is -0.700. The summed E-state index contributed by atoms with van der Waals surface area (Å²) >= 11 is 0. The maximum absolute atomic E-state index is 11.4. The zero-order valence-corrected chi connectivity index (χ0v) is 12.8. The molecule has 0 aliphatic rings. The number of hydrogen-bond donors (Lipinski definition) is 1. The van der Waals surface area contributed by atoms with Gasteiger partial charge in [0, 0.05) is 13.6 Å². The molecule has 0 heterocycles. The predicted octanol–water partition coefficient (Wildman–Crippen LogP) is -0.437. The quantitative estimate of drug-likeness (QED) is 0.579. The van der Waals surface area contributed by atoms with Gasteiger partial charge >= 0.3 is 5.97 Å². The summed E-state index contributed by atoms with van der Waals surface area (Å²) in [5, 5.41) is 0. The lowest BCUT2D eigenvalue weighted by atomic mass is 10.3. The van der Waals surface area contributed by atoms with Gasteiger partial charge in [-0.1, -0.05) is 6.92 Å². The Balaban J connectivity index is 4.53. The first-order valence-electron chi connectivity index (χ1n) is 6.13. The molecule has 0 fully saturated rings. The molecule has 0 radical (unpaired) electrons. The molecule has 0 aromatic rings. The number of carbonyl (C=O) groups excluding carboxylic acids is 1. The minimum atomic E-state index is -3.30. The number of ether oxygens (including phenoxy) is 2. The number of esters is 1. The van der Waals surface area contributed by atoms with E-state index in [1.54, 1.807) is 0 Å².